The molecule has 0 aliphatic rings. The van der Waals surface area contributed by atoms with E-state index in [-0.39, 0.29) is 12.3 Å². The Morgan fingerprint density at radius 1 is 1.22 bits per heavy atom. The minimum Gasteiger partial charge on any atom is -0.340 e. The molecule has 3 N–H and O–H groups in total. The highest BCUT2D eigenvalue weighted by atomic mass is 35.5. The normalized spacial score (nSPS) is 10.9. The Hall–Kier alpha value is -2.30. The van der Waals surface area contributed by atoms with E-state index in [9.17, 15) is 4.79 Å². The maximum atomic E-state index is 11.7. The molecular formula is C18H18ClN3O. The number of carbonyl (C=O) groups is 1. The van der Waals surface area contributed by atoms with E-state index in [1.54, 1.807) is 0 Å². The van der Waals surface area contributed by atoms with Gasteiger partial charge in [0, 0.05) is 22.6 Å². The van der Waals surface area contributed by atoms with E-state index >= 15 is 0 Å². The minimum atomic E-state index is -0.207. The van der Waals surface area contributed by atoms with Gasteiger partial charge in [-0.05, 0) is 30.2 Å². The zero-order chi connectivity index (χ0) is 16.4. The Kier molecular flexibility index (Phi) is 4.37. The first kappa shape index (κ1) is 15.6. The molecule has 0 aliphatic carbocycles. The zero-order valence-corrected chi connectivity index (χ0v) is 13.6. The summed E-state index contributed by atoms with van der Waals surface area (Å²) < 4.78 is 2.19. The second-order valence-electron chi connectivity index (χ2n) is 5.54. The number of amides is 1. The fourth-order valence-electron chi connectivity index (χ4n) is 2.93. The molecule has 0 spiro atoms. The van der Waals surface area contributed by atoms with Crippen LogP contribution in [-0.2, 0) is 17.8 Å². The van der Waals surface area contributed by atoms with Gasteiger partial charge in [-0.1, -0.05) is 48.0 Å². The smallest absolute Gasteiger partial charge is 0.238 e. The van der Waals surface area contributed by atoms with Gasteiger partial charge in [0.25, 0.3) is 0 Å². The van der Waals surface area contributed by atoms with E-state index in [1.165, 1.54) is 5.56 Å². The maximum absolute atomic E-state index is 11.7. The molecule has 0 unspecified atom stereocenters. The summed E-state index contributed by atoms with van der Waals surface area (Å²) in [6, 6.07) is 16.0. The average molecular weight is 328 g/mol. The van der Waals surface area contributed by atoms with Crippen molar-refractivity contribution in [2.24, 2.45) is 5.84 Å². The van der Waals surface area contributed by atoms with Crippen molar-refractivity contribution in [3.8, 4) is 0 Å². The summed E-state index contributed by atoms with van der Waals surface area (Å²) in [5.41, 5.74) is 6.46. The summed E-state index contributed by atoms with van der Waals surface area (Å²) >= 11 is 6.18. The van der Waals surface area contributed by atoms with Crippen LogP contribution in [-0.4, -0.2) is 10.5 Å². The summed E-state index contributed by atoms with van der Waals surface area (Å²) in [7, 11) is 0. The predicted molar refractivity (Wildman–Crippen MR) is 93.3 cm³/mol. The molecule has 0 saturated carbocycles. The lowest BCUT2D eigenvalue weighted by Gasteiger charge is -2.09. The second-order valence-corrected chi connectivity index (χ2v) is 5.98. The number of hydrogen-bond donors (Lipinski definition) is 2. The van der Waals surface area contributed by atoms with Crippen LogP contribution in [0.15, 0.2) is 48.5 Å². The van der Waals surface area contributed by atoms with Crippen LogP contribution in [0.25, 0.3) is 10.9 Å². The van der Waals surface area contributed by atoms with Gasteiger partial charge in [0.1, 0.15) is 0 Å². The highest BCUT2D eigenvalue weighted by molar-refractivity contribution is 6.31. The van der Waals surface area contributed by atoms with Crippen molar-refractivity contribution in [1.29, 1.82) is 0 Å². The number of aromatic nitrogens is 1. The third-order valence-electron chi connectivity index (χ3n) is 4.10. The summed E-state index contributed by atoms with van der Waals surface area (Å²) in [5, 5.41) is 1.71. The molecule has 118 valence electrons. The number of hydrogen-bond acceptors (Lipinski definition) is 2. The molecule has 0 bridgehead atoms. The molecule has 1 amide bonds. The van der Waals surface area contributed by atoms with Crippen molar-refractivity contribution < 1.29 is 4.79 Å². The molecule has 3 aromatic rings. The summed E-state index contributed by atoms with van der Waals surface area (Å²) in [6.07, 6.45) is 0.252. The Bertz CT molecular complexity index is 856. The first-order valence-electron chi connectivity index (χ1n) is 7.40. The van der Waals surface area contributed by atoms with Crippen LogP contribution in [0.1, 0.15) is 16.8 Å². The van der Waals surface area contributed by atoms with Gasteiger partial charge >= 0.3 is 0 Å². The highest BCUT2D eigenvalue weighted by Crippen LogP contribution is 2.29. The predicted octanol–water partition coefficient (Wildman–Crippen LogP) is 3.18. The fraction of sp³-hybridized carbons (Fsp3) is 0.167. The molecule has 1 heterocycles. The molecule has 0 aliphatic heterocycles. The number of fused-ring (bicyclic) bond motifs is 1. The number of nitrogens with one attached hydrogen (secondary N) is 1. The van der Waals surface area contributed by atoms with Gasteiger partial charge in [-0.25, -0.2) is 5.84 Å². The van der Waals surface area contributed by atoms with Crippen LogP contribution in [0.2, 0.25) is 5.02 Å². The third kappa shape index (κ3) is 3.09. The van der Waals surface area contributed by atoms with Crippen LogP contribution >= 0.6 is 11.6 Å². The highest BCUT2D eigenvalue weighted by Gasteiger charge is 2.16. The molecule has 2 aromatic carbocycles. The molecule has 4 nitrogen and oxygen atoms in total. The van der Waals surface area contributed by atoms with Gasteiger partial charge in [0.2, 0.25) is 5.91 Å². The van der Waals surface area contributed by atoms with Gasteiger partial charge in [0.15, 0.2) is 0 Å². The molecule has 0 saturated heterocycles. The van der Waals surface area contributed by atoms with Crippen LogP contribution in [0.4, 0.5) is 0 Å². The van der Waals surface area contributed by atoms with E-state index in [0.717, 1.165) is 28.7 Å². The molecule has 3 rings (SSSR count). The molecular weight excluding hydrogens is 310 g/mol. The van der Waals surface area contributed by atoms with E-state index in [2.05, 4.69) is 22.1 Å². The number of nitrogens with zero attached hydrogens (tertiary/aromatic N) is 1. The van der Waals surface area contributed by atoms with E-state index in [0.29, 0.717) is 5.02 Å². The topological polar surface area (TPSA) is 60.1 Å². The molecule has 23 heavy (non-hydrogen) atoms. The van der Waals surface area contributed by atoms with E-state index in [1.807, 2.05) is 43.3 Å². The second kappa shape index (κ2) is 6.44. The Morgan fingerprint density at radius 2 is 1.96 bits per heavy atom. The van der Waals surface area contributed by atoms with Gasteiger partial charge in [-0.15, -0.1) is 0 Å². The van der Waals surface area contributed by atoms with Crippen LogP contribution in [0.5, 0.6) is 0 Å². The third-order valence-corrected chi connectivity index (χ3v) is 4.33. The lowest BCUT2D eigenvalue weighted by Crippen LogP contribution is -2.31. The van der Waals surface area contributed by atoms with Crippen LogP contribution in [0.3, 0.4) is 0 Å². The number of hydrazine groups is 1. The van der Waals surface area contributed by atoms with Gasteiger partial charge in [0.05, 0.1) is 11.9 Å². The number of nitrogens with two attached hydrogens (primary N) is 1. The Labute approximate surface area is 139 Å². The number of benzene rings is 2. The molecule has 0 radical (unpaired) electrons. The minimum absolute atomic E-state index is 0.207. The Morgan fingerprint density at radius 3 is 2.65 bits per heavy atom. The molecule has 0 atom stereocenters. The molecule has 0 fully saturated rings. The summed E-state index contributed by atoms with van der Waals surface area (Å²) in [4.78, 5) is 11.7. The zero-order valence-electron chi connectivity index (χ0n) is 12.8. The lowest BCUT2D eigenvalue weighted by atomic mass is 10.1. The van der Waals surface area contributed by atoms with E-state index in [4.69, 9.17) is 17.4 Å². The number of halogens is 1. The van der Waals surface area contributed by atoms with Crippen molar-refractivity contribution >= 4 is 28.4 Å². The summed E-state index contributed by atoms with van der Waals surface area (Å²) in [6.45, 7) is 2.75. The number of rotatable bonds is 4. The van der Waals surface area contributed by atoms with Crippen LogP contribution < -0.4 is 11.3 Å². The van der Waals surface area contributed by atoms with Crippen molar-refractivity contribution in [1.82, 2.24) is 9.99 Å². The fourth-order valence-corrected chi connectivity index (χ4v) is 3.09. The van der Waals surface area contributed by atoms with Crippen molar-refractivity contribution in [3.05, 3.63) is 70.4 Å². The first-order chi connectivity index (χ1) is 11.1. The maximum Gasteiger partial charge on any atom is 0.238 e. The first-order valence-corrected chi connectivity index (χ1v) is 7.78. The van der Waals surface area contributed by atoms with E-state index < -0.39 is 0 Å². The largest absolute Gasteiger partial charge is 0.340 e. The monoisotopic (exact) mass is 327 g/mol. The number of carbonyl (C=O) groups excluding carboxylic acids is 1. The van der Waals surface area contributed by atoms with Crippen molar-refractivity contribution in [2.45, 2.75) is 19.9 Å². The molecule has 1 aromatic heterocycles. The van der Waals surface area contributed by atoms with Gasteiger partial charge in [-0.3, -0.25) is 10.2 Å². The van der Waals surface area contributed by atoms with Gasteiger partial charge in [-0.2, -0.15) is 0 Å². The van der Waals surface area contributed by atoms with Crippen molar-refractivity contribution in [3.63, 3.8) is 0 Å². The lowest BCUT2D eigenvalue weighted by molar-refractivity contribution is -0.120. The SMILES string of the molecule is Cc1c(CC(=O)NN)c2ccc(Cl)cc2n1Cc1ccccc1. The standard InChI is InChI=1S/C18H18ClN3O/c1-12-16(10-18(23)21-20)15-8-7-14(19)9-17(15)22(12)11-13-5-3-2-4-6-13/h2-9H,10-11,20H2,1H3,(H,21,23). The summed E-state index contributed by atoms with van der Waals surface area (Å²) in [5.74, 6) is 5.03. The Balaban J connectivity index is 2.14. The quantitative estimate of drug-likeness (QED) is 0.439. The van der Waals surface area contributed by atoms with Crippen molar-refractivity contribution in [2.75, 3.05) is 0 Å². The van der Waals surface area contributed by atoms with Gasteiger partial charge < -0.3 is 4.57 Å². The van der Waals surface area contributed by atoms with Crippen LogP contribution in [0, 0.1) is 6.92 Å². The molecule has 5 heteroatoms. The average Bonchev–Trinajstić information content (AvgIpc) is 2.81.